The van der Waals surface area contributed by atoms with E-state index >= 15 is 0 Å². The molecule has 1 aliphatic heterocycles. The number of ether oxygens (including phenoxy) is 2. The molecule has 1 fully saturated rings. The van der Waals surface area contributed by atoms with Crippen molar-refractivity contribution >= 4 is 10.1 Å². The van der Waals surface area contributed by atoms with Crippen LogP contribution >= 0.6 is 0 Å². The minimum absolute atomic E-state index is 0.00590. The Morgan fingerprint density at radius 1 is 1.29 bits per heavy atom. The molecule has 0 aromatic heterocycles. The highest BCUT2D eigenvalue weighted by Gasteiger charge is 2.21. The Morgan fingerprint density at radius 2 is 1.90 bits per heavy atom. The molecular weight excluding hydrogens is 299 g/mol. The monoisotopic (exact) mass is 320 g/mol. The fraction of sp³-hybridized carbons (Fsp3) is 0.571. The predicted molar refractivity (Wildman–Crippen MR) is 76.9 cm³/mol. The first kappa shape index (κ1) is 18.0. The van der Waals surface area contributed by atoms with Crippen molar-refractivity contribution in [1.82, 2.24) is 0 Å². The van der Waals surface area contributed by atoms with Gasteiger partial charge in [0, 0.05) is 5.56 Å². The van der Waals surface area contributed by atoms with Gasteiger partial charge in [-0.15, -0.1) is 0 Å². The van der Waals surface area contributed by atoms with E-state index in [9.17, 15) is 12.8 Å². The molecule has 0 amide bonds. The van der Waals surface area contributed by atoms with Crippen LogP contribution in [0.5, 0.6) is 0 Å². The lowest BCUT2D eigenvalue weighted by molar-refractivity contribution is -0.0464. The molecule has 21 heavy (non-hydrogen) atoms. The van der Waals surface area contributed by atoms with Crippen LogP contribution in [0.4, 0.5) is 4.39 Å². The minimum Gasteiger partial charge on any atom is -0.346 e. The van der Waals surface area contributed by atoms with Crippen LogP contribution in [0.2, 0.25) is 0 Å². The van der Waals surface area contributed by atoms with Gasteiger partial charge in [-0.25, -0.2) is 4.39 Å². The molecule has 120 valence electrons. The highest BCUT2D eigenvalue weighted by molar-refractivity contribution is 7.85. The molecule has 0 spiro atoms. The van der Waals surface area contributed by atoms with Crippen LogP contribution in [0.15, 0.2) is 18.2 Å². The summed E-state index contributed by atoms with van der Waals surface area (Å²) in [4.78, 5) is 0. The molecule has 1 aromatic carbocycles. The van der Waals surface area contributed by atoms with Crippen molar-refractivity contribution in [1.29, 1.82) is 0 Å². The highest BCUT2D eigenvalue weighted by Crippen LogP contribution is 2.26. The van der Waals surface area contributed by atoms with Crippen LogP contribution in [0.1, 0.15) is 31.3 Å². The van der Waals surface area contributed by atoms with Crippen molar-refractivity contribution in [3.63, 3.8) is 0 Å². The molecule has 5 nitrogen and oxygen atoms in total. The molecule has 1 saturated heterocycles. The van der Waals surface area contributed by atoms with Crippen molar-refractivity contribution in [2.75, 3.05) is 26.1 Å². The van der Waals surface area contributed by atoms with E-state index in [1.807, 2.05) is 13.8 Å². The maximum Gasteiger partial charge on any atom is 0.264 e. The lowest BCUT2D eigenvalue weighted by Gasteiger charge is -2.11. The van der Waals surface area contributed by atoms with E-state index in [1.165, 1.54) is 6.07 Å². The Bertz CT molecular complexity index is 538. The van der Waals surface area contributed by atoms with Crippen LogP contribution in [0.25, 0.3) is 0 Å². The summed E-state index contributed by atoms with van der Waals surface area (Å²) in [6.07, 6.45) is 0.642. The van der Waals surface area contributed by atoms with Crippen molar-refractivity contribution in [2.24, 2.45) is 0 Å². The Kier molecular flexibility index (Phi) is 7.24. The summed E-state index contributed by atoms with van der Waals surface area (Å²) in [5.74, 6) is -0.427. The number of benzene rings is 1. The minimum atomic E-state index is -3.46. The molecule has 0 atom stereocenters. The zero-order valence-corrected chi connectivity index (χ0v) is 13.3. The van der Waals surface area contributed by atoms with Gasteiger partial charge in [0.2, 0.25) is 0 Å². The van der Waals surface area contributed by atoms with Gasteiger partial charge in [-0.05, 0) is 18.1 Å². The van der Waals surface area contributed by atoms with Crippen molar-refractivity contribution in [3.05, 3.63) is 35.1 Å². The quantitative estimate of drug-likeness (QED) is 0.780. The topological polar surface area (TPSA) is 61.8 Å². The summed E-state index contributed by atoms with van der Waals surface area (Å²) in [6, 6.07) is 4.63. The first-order valence-electron chi connectivity index (χ1n) is 6.81. The van der Waals surface area contributed by atoms with E-state index in [-0.39, 0.29) is 6.61 Å². The zero-order valence-electron chi connectivity index (χ0n) is 12.5. The maximum atomic E-state index is 13.8. The zero-order chi connectivity index (χ0) is 15.9. The highest BCUT2D eigenvalue weighted by atomic mass is 32.2. The van der Waals surface area contributed by atoms with Crippen molar-refractivity contribution in [2.45, 2.75) is 26.6 Å². The second kappa shape index (κ2) is 8.43. The summed E-state index contributed by atoms with van der Waals surface area (Å²) in [5, 5.41) is 0. The van der Waals surface area contributed by atoms with Gasteiger partial charge in [0.25, 0.3) is 10.1 Å². The summed E-state index contributed by atoms with van der Waals surface area (Å²) < 4.78 is 50.5. The number of hydrogen-bond donors (Lipinski definition) is 0. The molecule has 0 bridgehead atoms. The third-order valence-electron chi connectivity index (χ3n) is 2.63. The van der Waals surface area contributed by atoms with Gasteiger partial charge in [-0.3, -0.25) is 4.18 Å². The largest absolute Gasteiger partial charge is 0.346 e. The van der Waals surface area contributed by atoms with Crippen LogP contribution in [-0.4, -0.2) is 34.5 Å². The number of rotatable bonds is 5. The summed E-state index contributed by atoms with van der Waals surface area (Å²) in [6.45, 7) is 4.90. The second-order valence-corrected chi connectivity index (χ2v) is 5.85. The Labute approximate surface area is 125 Å². The molecule has 1 heterocycles. The summed E-state index contributed by atoms with van der Waals surface area (Å²) in [7, 11) is -3.46. The predicted octanol–water partition coefficient (Wildman–Crippen LogP) is 2.42. The molecule has 0 radical (unpaired) electrons. The molecule has 0 saturated carbocycles. The molecule has 2 rings (SSSR count). The van der Waals surface area contributed by atoms with Crippen LogP contribution < -0.4 is 0 Å². The maximum absolute atomic E-state index is 13.8. The van der Waals surface area contributed by atoms with Crippen LogP contribution in [0, 0.1) is 5.82 Å². The Balaban J connectivity index is 0.00000106. The average Bonchev–Trinajstić information content (AvgIpc) is 2.93. The molecule has 1 aromatic rings. The van der Waals surface area contributed by atoms with Crippen molar-refractivity contribution in [3.8, 4) is 0 Å². The van der Waals surface area contributed by atoms with Gasteiger partial charge >= 0.3 is 0 Å². The molecule has 1 aliphatic rings. The lowest BCUT2D eigenvalue weighted by atomic mass is 10.1. The molecule has 0 aliphatic carbocycles. The summed E-state index contributed by atoms with van der Waals surface area (Å²) in [5.41, 5.74) is 1.01. The Hall–Kier alpha value is -1.02. The molecule has 0 unspecified atom stereocenters. The van der Waals surface area contributed by atoms with Gasteiger partial charge in [0.15, 0.2) is 6.29 Å². The van der Waals surface area contributed by atoms with Crippen molar-refractivity contribution < 1.29 is 26.5 Å². The van der Waals surface area contributed by atoms with Gasteiger partial charge < -0.3 is 9.47 Å². The summed E-state index contributed by atoms with van der Waals surface area (Å²) >= 11 is 0. The van der Waals surface area contributed by atoms with Gasteiger partial charge in [0.1, 0.15) is 5.82 Å². The fourth-order valence-electron chi connectivity index (χ4n) is 1.77. The van der Waals surface area contributed by atoms with E-state index in [1.54, 1.807) is 12.1 Å². The molecule has 0 N–H and O–H groups in total. The van der Waals surface area contributed by atoms with E-state index in [0.29, 0.717) is 30.8 Å². The van der Waals surface area contributed by atoms with Gasteiger partial charge in [0.05, 0.1) is 26.1 Å². The lowest BCUT2D eigenvalue weighted by Crippen LogP contribution is -2.07. The van der Waals surface area contributed by atoms with Gasteiger partial charge in [-0.1, -0.05) is 26.0 Å². The average molecular weight is 320 g/mol. The van der Waals surface area contributed by atoms with E-state index in [0.717, 1.165) is 6.26 Å². The van der Waals surface area contributed by atoms with E-state index < -0.39 is 22.2 Å². The number of hydrogen-bond acceptors (Lipinski definition) is 5. The third kappa shape index (κ3) is 6.09. The van der Waals surface area contributed by atoms with E-state index in [2.05, 4.69) is 4.18 Å². The first-order valence-corrected chi connectivity index (χ1v) is 8.63. The molecule has 7 heteroatoms. The fourth-order valence-corrected chi connectivity index (χ4v) is 2.15. The van der Waals surface area contributed by atoms with Crippen LogP contribution in [-0.2, 0) is 30.2 Å². The first-order chi connectivity index (χ1) is 9.96. The standard InChI is InChI=1S/C12H15FO5S.C2H6/c1-19(14,15)18-5-4-9-2-3-10(11(13)8-9)12-16-6-7-17-12;1-2/h2-3,8,12H,4-7H2,1H3;1-2H3. The third-order valence-corrected chi connectivity index (χ3v) is 3.22. The smallest absolute Gasteiger partial charge is 0.264 e. The molecular formula is C14H21FO5S. The second-order valence-electron chi connectivity index (χ2n) is 4.21. The SMILES string of the molecule is CC.CS(=O)(=O)OCCc1ccc(C2OCCO2)c(F)c1. The normalized spacial score (nSPS) is 15.6. The Morgan fingerprint density at radius 3 is 2.43 bits per heavy atom. The van der Waals surface area contributed by atoms with Crippen LogP contribution in [0.3, 0.4) is 0 Å². The van der Waals surface area contributed by atoms with Gasteiger partial charge in [-0.2, -0.15) is 8.42 Å². The number of halogens is 1. The van der Waals surface area contributed by atoms with E-state index in [4.69, 9.17) is 9.47 Å².